The van der Waals surface area contributed by atoms with E-state index in [1.54, 1.807) is 5.57 Å². The molecule has 15 heteroatoms. The average Bonchev–Trinajstić information content (AvgIpc) is 3.84. The highest BCUT2D eigenvalue weighted by Crippen LogP contribution is 2.27. The molecule has 4 aliphatic carbocycles. The Morgan fingerprint density at radius 3 is 1.20 bits per heavy atom. The number of ketones is 2. The molecule has 7 heterocycles. The van der Waals surface area contributed by atoms with Crippen LogP contribution < -0.4 is 0 Å². The Balaban J connectivity index is 0.000000458. The van der Waals surface area contributed by atoms with E-state index in [4.69, 9.17) is 9.84 Å². The smallest absolute Gasteiger partial charge is 0.152 e. The zero-order valence-electron chi connectivity index (χ0n) is 56.4. The van der Waals surface area contributed by atoms with E-state index in [1.165, 1.54) is 167 Å². The predicted molar refractivity (Wildman–Crippen MR) is 354 cm³/mol. The van der Waals surface area contributed by atoms with Gasteiger partial charge in [-0.05, 0) is 204 Å². The van der Waals surface area contributed by atoms with Crippen LogP contribution in [-0.2, 0) is 24.2 Å². The van der Waals surface area contributed by atoms with Gasteiger partial charge >= 0.3 is 0 Å². The maximum absolute atomic E-state index is 10.8. The molecule has 0 amide bonds. The number of carbonyl (C=O) groups is 2. The lowest BCUT2D eigenvalue weighted by Gasteiger charge is -2.27. The molecule has 3 saturated carbocycles. The number of ether oxygens (including phenoxy) is 1. The van der Waals surface area contributed by atoms with Crippen molar-refractivity contribution >= 4 is 21.4 Å². The van der Waals surface area contributed by atoms with Crippen LogP contribution in [0, 0.1) is 11.8 Å². The Morgan fingerprint density at radius 2 is 0.855 bits per heavy atom. The van der Waals surface area contributed by atoms with Crippen LogP contribution in [0.4, 0.5) is 0 Å². The first-order valence-electron chi connectivity index (χ1n) is 34.2. The molecule has 7 aliphatic heterocycles. The summed E-state index contributed by atoms with van der Waals surface area (Å²) in [6.45, 7) is 25.4. The summed E-state index contributed by atoms with van der Waals surface area (Å²) in [4.78, 5) is 37.1. The quantitative estimate of drug-likeness (QED) is 0.222. The van der Waals surface area contributed by atoms with Gasteiger partial charge in [-0.3, -0.25) is 14.5 Å². The van der Waals surface area contributed by atoms with Crippen LogP contribution in [0.2, 0.25) is 0 Å². The minimum atomic E-state index is -2.66. The first-order valence-corrected chi connectivity index (χ1v) is 36.0. The van der Waals surface area contributed by atoms with Crippen LogP contribution in [0.15, 0.2) is 11.6 Å². The normalized spacial score (nSPS) is 25.3. The first kappa shape index (κ1) is 79.6. The summed E-state index contributed by atoms with van der Waals surface area (Å²) in [5, 5.41) is 18.4. The van der Waals surface area contributed by atoms with Gasteiger partial charge in [-0.2, -0.15) is 0 Å². The molecule has 2 N–H and O–H groups in total. The van der Waals surface area contributed by atoms with Gasteiger partial charge in [-0.25, -0.2) is 8.42 Å². The van der Waals surface area contributed by atoms with Crippen LogP contribution in [0.5, 0.6) is 0 Å². The number of hydrogen-bond acceptors (Lipinski definition) is 14. The Morgan fingerprint density at radius 1 is 0.446 bits per heavy atom. The Kier molecular flexibility index (Phi) is 48.4. The topological polar surface area (TPSA) is 141 Å². The fraction of sp³-hybridized carbons (Fsp3) is 0.941. The molecule has 10 fully saturated rings. The summed E-state index contributed by atoms with van der Waals surface area (Å²) < 4.78 is 26.6. The highest BCUT2D eigenvalue weighted by Gasteiger charge is 2.22. The summed E-state index contributed by atoms with van der Waals surface area (Å²) >= 11 is 0. The molecule has 0 aromatic heterocycles. The number of Topliss-reactive ketones (excluding diaryl/α,β-unsaturated/α-hetero) is 2. The van der Waals surface area contributed by atoms with Gasteiger partial charge in [0.25, 0.3) is 0 Å². The molecule has 0 atom stereocenters. The van der Waals surface area contributed by atoms with Crippen molar-refractivity contribution in [3.8, 4) is 0 Å². The number of morpholine rings is 1. The minimum absolute atomic E-state index is 0.0220. The zero-order valence-corrected chi connectivity index (χ0v) is 57.2. The summed E-state index contributed by atoms with van der Waals surface area (Å²) in [6.07, 6.45) is 41.9. The molecule has 492 valence electrons. The Bertz CT molecular complexity index is 1600. The molecular formula is C68H137N7O7S. The van der Waals surface area contributed by atoms with Gasteiger partial charge in [0.1, 0.15) is 11.6 Å². The van der Waals surface area contributed by atoms with Crippen LogP contribution in [0.25, 0.3) is 0 Å². The van der Waals surface area contributed by atoms with Crippen molar-refractivity contribution in [2.24, 2.45) is 11.8 Å². The van der Waals surface area contributed by atoms with E-state index in [0.29, 0.717) is 42.7 Å². The van der Waals surface area contributed by atoms with Gasteiger partial charge in [0.05, 0.1) is 43.0 Å². The van der Waals surface area contributed by atoms with E-state index in [-0.39, 0.29) is 11.7 Å². The van der Waals surface area contributed by atoms with Gasteiger partial charge in [0.15, 0.2) is 9.84 Å². The maximum atomic E-state index is 10.8. The highest BCUT2D eigenvalue weighted by atomic mass is 32.2. The summed E-state index contributed by atoms with van der Waals surface area (Å²) in [6, 6.07) is 0. The van der Waals surface area contributed by atoms with Crippen LogP contribution >= 0.6 is 0 Å². The first-order chi connectivity index (χ1) is 39.5. The largest absolute Gasteiger partial charge is 0.393 e. The lowest BCUT2D eigenvalue weighted by molar-refractivity contribution is -0.121. The monoisotopic (exact) mass is 1200 g/mol. The van der Waals surface area contributed by atoms with E-state index >= 15 is 0 Å². The average molecular weight is 1200 g/mol. The standard InChI is InChI=1S/C7H13NO.C7H15N.C7H14O.C7H14.C7H12.C6H13NO.C6H11NO.C6H13N.C5H11NO2S.C5H11NO.C5H10/c1-8-5-2-3-7(9)4-6-8;1-8-6-4-2-3-5-7-8;1-7(8)5-3-2-4-6-7;2*1-7-5-3-2-4-6-7;1-7-4-2-6(8)3-5-7;1-7-4-2-3-6(8)5-7;1-7-5-3-2-4-6-7;1-6-2-4-9(7,8)5-3-6;1-6-2-4-7-5-3-6;1-5-3-2-4-5/h2-6H2,1H3;2-7H2,1H3;8H,2-6H2,1H3;7H,2-6H2,1H3;5H,2-4,6H2,1H3;6,8H,2-5H2,1H3;2-5H2,1H3;2-6H2,1H3;2-5H2,1H3;2-5H2,1H3;5H,2-4H2,1H3. The van der Waals surface area contributed by atoms with Crippen molar-refractivity contribution in [3.63, 3.8) is 0 Å². The van der Waals surface area contributed by atoms with Gasteiger partial charge in [-0.1, -0.05) is 115 Å². The van der Waals surface area contributed by atoms with Gasteiger partial charge in [-0.15, -0.1) is 0 Å². The van der Waals surface area contributed by atoms with Gasteiger partial charge in [0.2, 0.25) is 0 Å². The van der Waals surface area contributed by atoms with Crippen molar-refractivity contribution in [2.75, 3.05) is 166 Å². The summed E-state index contributed by atoms with van der Waals surface area (Å²) in [5.41, 5.74) is 1.27. The molecule has 14 nitrogen and oxygen atoms in total. The molecule has 0 bridgehead atoms. The van der Waals surface area contributed by atoms with Gasteiger partial charge < -0.3 is 44.3 Å². The van der Waals surface area contributed by atoms with E-state index in [9.17, 15) is 23.1 Å². The third-order valence-electron chi connectivity index (χ3n) is 17.8. The van der Waals surface area contributed by atoms with Crippen molar-refractivity contribution < 1.29 is 33.0 Å². The number of nitrogens with zero attached hydrogens (tertiary/aromatic N) is 7. The third-order valence-corrected chi connectivity index (χ3v) is 19.5. The lowest BCUT2D eigenvalue weighted by Crippen LogP contribution is -2.37. The second-order valence-corrected chi connectivity index (χ2v) is 29.5. The number of allylic oxidation sites excluding steroid dienone is 2. The lowest BCUT2D eigenvalue weighted by atomic mass is 9.87. The molecule has 0 radical (unpaired) electrons. The number of likely N-dealkylation sites (tertiary alicyclic amines) is 5. The van der Waals surface area contributed by atoms with Crippen LogP contribution in [0.1, 0.15) is 227 Å². The maximum Gasteiger partial charge on any atom is 0.152 e. The molecular weight excluding hydrogens is 1060 g/mol. The number of hydrogen-bond donors (Lipinski definition) is 2. The zero-order chi connectivity index (χ0) is 61.6. The molecule has 0 aromatic carbocycles. The minimum Gasteiger partial charge on any atom is -0.393 e. The molecule has 0 spiro atoms. The molecule has 0 aromatic rings. The third kappa shape index (κ3) is 51.2. The van der Waals surface area contributed by atoms with Crippen molar-refractivity contribution in [1.82, 2.24) is 34.3 Å². The molecule has 11 aliphatic rings. The SMILES string of the molecule is CC1(O)CCCCC1.CC1=CCCCC1.CC1CCC1.CC1CCCCC1.CN1CCC(O)CC1.CN1CCCC(=O)C1.CN1CCCC(=O)CC1.CN1CCCCC1.CN1CCCCCC1.CN1CCOCC1.CN1CCS(=O)(=O)CC1. The van der Waals surface area contributed by atoms with Crippen molar-refractivity contribution in [2.45, 2.75) is 238 Å². The summed E-state index contributed by atoms with van der Waals surface area (Å²) in [7, 11) is 11.9. The van der Waals surface area contributed by atoms with E-state index in [1.807, 2.05) is 25.9 Å². The number of carbonyl (C=O) groups excluding carboxylic acids is 2. The summed E-state index contributed by atoms with van der Waals surface area (Å²) in [5.74, 6) is 3.59. The Hall–Kier alpha value is -1.37. The molecule has 83 heavy (non-hydrogen) atoms. The second kappa shape index (κ2) is 50.5. The van der Waals surface area contributed by atoms with Crippen molar-refractivity contribution in [1.29, 1.82) is 0 Å². The van der Waals surface area contributed by atoms with Crippen LogP contribution in [-0.4, -0.2) is 242 Å². The van der Waals surface area contributed by atoms with Crippen LogP contribution in [0.3, 0.4) is 0 Å². The molecule has 0 unspecified atom stereocenters. The van der Waals surface area contributed by atoms with E-state index < -0.39 is 9.84 Å². The fourth-order valence-electron chi connectivity index (χ4n) is 11.1. The number of rotatable bonds is 0. The molecule has 11 rings (SSSR count). The molecule has 7 saturated heterocycles. The number of aliphatic hydroxyl groups excluding tert-OH is 1. The van der Waals surface area contributed by atoms with E-state index in [0.717, 1.165) is 129 Å². The highest BCUT2D eigenvalue weighted by molar-refractivity contribution is 7.91. The predicted octanol–water partition coefficient (Wildman–Crippen LogP) is 11.5. The second-order valence-electron chi connectivity index (χ2n) is 27.2. The Labute approximate surface area is 513 Å². The number of piperidine rings is 3. The number of sulfone groups is 1. The fourth-order valence-corrected chi connectivity index (χ4v) is 12.5. The van der Waals surface area contributed by atoms with Crippen molar-refractivity contribution in [3.05, 3.63) is 11.6 Å². The number of aliphatic hydroxyl groups is 2. The van der Waals surface area contributed by atoms with Gasteiger partial charge in [0, 0.05) is 65.1 Å². The number of likely N-dealkylation sites (N-methyl/N-ethyl adjacent to an activating group) is 2. The van der Waals surface area contributed by atoms with E-state index in [2.05, 4.69) is 91.5 Å².